The Kier molecular flexibility index (Phi) is 3.71. The smallest absolute Gasteiger partial charge is 0.351 e. The molecule has 0 spiro atoms. The van der Waals surface area contributed by atoms with Gasteiger partial charge in [0.2, 0.25) is 0 Å². The summed E-state index contributed by atoms with van der Waals surface area (Å²) in [6, 6.07) is 1.14. The molecule has 0 bridgehead atoms. The third kappa shape index (κ3) is 2.05. The Morgan fingerprint density at radius 2 is 2.25 bits per heavy atom. The highest BCUT2D eigenvalue weighted by atomic mass is 19.3. The first-order valence-corrected chi connectivity index (χ1v) is 5.57. The summed E-state index contributed by atoms with van der Waals surface area (Å²) in [5.74, 6) is -0.137. The Morgan fingerprint density at radius 1 is 1.60 bits per heavy atom. The second kappa shape index (κ2) is 5.04. The number of aromatic nitrogens is 2. The lowest BCUT2D eigenvalue weighted by atomic mass is 9.97. The fourth-order valence-electron chi connectivity index (χ4n) is 2.00. The number of nitrogen functional groups attached to an aromatic ring is 1. The molecule has 1 saturated heterocycles. The molecule has 2 unspecified atom stereocenters. The van der Waals surface area contributed by atoms with E-state index in [0.29, 0.717) is 4.57 Å². The number of aliphatic hydroxyl groups is 2. The van der Waals surface area contributed by atoms with Crippen molar-refractivity contribution in [3.8, 4) is 0 Å². The zero-order valence-electron chi connectivity index (χ0n) is 9.99. The summed E-state index contributed by atoms with van der Waals surface area (Å²) in [6.07, 6.45) is -8.79. The minimum atomic E-state index is -3.34. The second-order valence-electron chi connectivity index (χ2n) is 4.35. The fraction of sp³-hybridized carbons (Fsp3) is 0.600. The molecule has 0 radical (unpaired) electrons. The topological polar surface area (TPSA) is 111 Å². The van der Waals surface area contributed by atoms with E-state index in [1.807, 2.05) is 0 Å². The Hall–Kier alpha value is -1.65. The lowest BCUT2D eigenvalue weighted by molar-refractivity contribution is -0.195. The van der Waals surface area contributed by atoms with Crippen LogP contribution >= 0.6 is 0 Å². The molecule has 4 N–H and O–H groups in total. The predicted molar refractivity (Wildman–Crippen MR) is 59.8 cm³/mol. The van der Waals surface area contributed by atoms with E-state index in [-0.39, 0.29) is 5.82 Å². The van der Waals surface area contributed by atoms with Crippen LogP contribution in [0.3, 0.4) is 0 Å². The highest BCUT2D eigenvalue weighted by Gasteiger charge is 2.61. The van der Waals surface area contributed by atoms with Gasteiger partial charge in [0.15, 0.2) is 18.0 Å². The van der Waals surface area contributed by atoms with Gasteiger partial charge in [-0.25, -0.2) is 18.0 Å². The number of rotatable bonds is 3. The molecule has 0 aliphatic carbocycles. The van der Waals surface area contributed by atoms with Gasteiger partial charge < -0.3 is 20.7 Å². The molecule has 0 saturated carbocycles. The molecule has 1 aliphatic heterocycles. The van der Waals surface area contributed by atoms with E-state index in [2.05, 4.69) is 4.98 Å². The van der Waals surface area contributed by atoms with E-state index in [9.17, 15) is 23.1 Å². The molecule has 1 fully saturated rings. The van der Waals surface area contributed by atoms with Crippen molar-refractivity contribution >= 4 is 5.82 Å². The third-order valence-electron chi connectivity index (χ3n) is 3.16. The number of nitrogens with zero attached hydrogens (tertiary/aromatic N) is 2. The Bertz CT molecular complexity index is 555. The number of alkyl halides is 3. The van der Waals surface area contributed by atoms with Crippen molar-refractivity contribution in [1.29, 1.82) is 0 Å². The maximum Gasteiger partial charge on any atom is 0.351 e. The molecule has 10 heteroatoms. The number of halogens is 3. The summed E-state index contributed by atoms with van der Waals surface area (Å²) in [5.41, 5.74) is 1.44. The number of aliphatic hydroxyl groups excluding tert-OH is 2. The molecule has 112 valence electrons. The van der Waals surface area contributed by atoms with E-state index in [1.54, 1.807) is 0 Å². The van der Waals surface area contributed by atoms with Crippen molar-refractivity contribution in [2.75, 3.05) is 12.3 Å². The molecule has 0 amide bonds. The average molecular weight is 295 g/mol. The van der Waals surface area contributed by atoms with E-state index in [1.165, 1.54) is 0 Å². The SMILES string of the molecule is Nc1ccn([C@@H]2O[C@@](CO)(C(F)F)C(O)C2F)c(=O)n1. The lowest BCUT2D eigenvalue weighted by Gasteiger charge is -2.28. The van der Waals surface area contributed by atoms with Crippen LogP contribution in [0.4, 0.5) is 19.0 Å². The quantitative estimate of drug-likeness (QED) is 0.663. The standard InChI is InChI=1S/C10H12F3N3O4/c11-5-6(18)10(3-17,8(12)13)20-7(5)16-2-1-4(14)15-9(16)19/h1-2,5-8,17-18H,3H2,(H2,14,15,19)/t5?,6?,7-,10-/m1/s1. The monoisotopic (exact) mass is 295 g/mol. The average Bonchev–Trinajstić information content (AvgIpc) is 2.64. The Labute approximate surface area is 110 Å². The molecule has 2 heterocycles. The van der Waals surface area contributed by atoms with Crippen LogP contribution in [0.15, 0.2) is 17.1 Å². The van der Waals surface area contributed by atoms with E-state index in [0.717, 1.165) is 12.3 Å². The number of nitrogens with two attached hydrogens (primary N) is 1. The number of hydrogen-bond acceptors (Lipinski definition) is 6. The van der Waals surface area contributed by atoms with Crippen LogP contribution in [0.25, 0.3) is 0 Å². The van der Waals surface area contributed by atoms with Crippen molar-refractivity contribution in [3.05, 3.63) is 22.7 Å². The largest absolute Gasteiger partial charge is 0.393 e. The minimum absolute atomic E-state index is 0.137. The molecular weight excluding hydrogens is 283 g/mol. The summed E-state index contributed by atoms with van der Waals surface area (Å²) in [5, 5.41) is 18.6. The molecule has 2 rings (SSSR count). The van der Waals surface area contributed by atoms with E-state index >= 15 is 0 Å². The van der Waals surface area contributed by atoms with Gasteiger partial charge in [-0.05, 0) is 6.07 Å². The molecule has 1 aromatic rings. The van der Waals surface area contributed by atoms with Crippen LogP contribution in [0, 0.1) is 0 Å². The van der Waals surface area contributed by atoms with E-state index < -0.39 is 42.8 Å². The molecule has 20 heavy (non-hydrogen) atoms. The van der Waals surface area contributed by atoms with Gasteiger partial charge in [-0.3, -0.25) is 4.57 Å². The third-order valence-corrected chi connectivity index (χ3v) is 3.16. The van der Waals surface area contributed by atoms with Gasteiger partial charge in [-0.2, -0.15) is 4.98 Å². The molecule has 7 nitrogen and oxygen atoms in total. The first-order chi connectivity index (χ1) is 9.33. The normalized spacial score (nSPS) is 33.8. The molecule has 1 aromatic heterocycles. The minimum Gasteiger partial charge on any atom is -0.393 e. The number of hydrogen-bond donors (Lipinski definition) is 3. The summed E-state index contributed by atoms with van der Waals surface area (Å²) < 4.78 is 45.2. The summed E-state index contributed by atoms with van der Waals surface area (Å²) in [6.45, 7) is -1.31. The van der Waals surface area contributed by atoms with E-state index in [4.69, 9.17) is 15.6 Å². The fourth-order valence-corrected chi connectivity index (χ4v) is 2.00. The van der Waals surface area contributed by atoms with Crippen LogP contribution in [0.1, 0.15) is 6.23 Å². The molecule has 1 aliphatic rings. The molecule has 0 aromatic carbocycles. The highest BCUT2D eigenvalue weighted by molar-refractivity contribution is 5.23. The zero-order valence-corrected chi connectivity index (χ0v) is 9.99. The van der Waals surface area contributed by atoms with Crippen molar-refractivity contribution in [2.24, 2.45) is 0 Å². The maximum atomic E-state index is 14.0. The van der Waals surface area contributed by atoms with Crippen LogP contribution in [0.5, 0.6) is 0 Å². The van der Waals surface area contributed by atoms with Gasteiger partial charge in [-0.15, -0.1) is 0 Å². The van der Waals surface area contributed by atoms with Gasteiger partial charge in [0.25, 0.3) is 6.43 Å². The first-order valence-electron chi connectivity index (χ1n) is 5.57. The van der Waals surface area contributed by atoms with Gasteiger partial charge in [0.1, 0.15) is 11.9 Å². The number of ether oxygens (including phenoxy) is 1. The van der Waals surface area contributed by atoms with Gasteiger partial charge in [0, 0.05) is 6.20 Å². The Morgan fingerprint density at radius 3 is 2.70 bits per heavy atom. The predicted octanol–water partition coefficient (Wildman–Crippen LogP) is -0.950. The lowest BCUT2D eigenvalue weighted by Crippen LogP contribution is -2.51. The highest BCUT2D eigenvalue weighted by Crippen LogP contribution is 2.41. The number of anilines is 1. The van der Waals surface area contributed by atoms with Crippen molar-refractivity contribution in [1.82, 2.24) is 9.55 Å². The van der Waals surface area contributed by atoms with Crippen LogP contribution in [-0.2, 0) is 4.74 Å². The van der Waals surface area contributed by atoms with Crippen LogP contribution in [-0.4, -0.2) is 50.7 Å². The summed E-state index contributed by atoms with van der Waals surface area (Å²) >= 11 is 0. The van der Waals surface area contributed by atoms with Crippen molar-refractivity contribution in [2.45, 2.75) is 30.5 Å². The van der Waals surface area contributed by atoms with Gasteiger partial charge in [-0.1, -0.05) is 0 Å². The van der Waals surface area contributed by atoms with Crippen molar-refractivity contribution in [3.63, 3.8) is 0 Å². The molecular formula is C10H12F3N3O4. The first kappa shape index (κ1) is 14.8. The zero-order chi connectivity index (χ0) is 15.1. The summed E-state index contributed by atoms with van der Waals surface area (Å²) in [4.78, 5) is 14.8. The molecule has 4 atom stereocenters. The Balaban J connectivity index is 2.42. The van der Waals surface area contributed by atoms with Crippen LogP contribution < -0.4 is 11.4 Å². The summed E-state index contributed by atoms with van der Waals surface area (Å²) in [7, 11) is 0. The maximum absolute atomic E-state index is 14.0. The van der Waals surface area contributed by atoms with Crippen LogP contribution in [0.2, 0.25) is 0 Å². The van der Waals surface area contributed by atoms with Crippen molar-refractivity contribution < 1.29 is 28.1 Å². The van der Waals surface area contributed by atoms with Gasteiger partial charge in [0.05, 0.1) is 6.61 Å². The second-order valence-corrected chi connectivity index (χ2v) is 4.35. The van der Waals surface area contributed by atoms with Gasteiger partial charge >= 0.3 is 5.69 Å².